The highest BCUT2D eigenvalue weighted by molar-refractivity contribution is 7.26. The van der Waals surface area contributed by atoms with E-state index >= 15 is 0 Å². The highest BCUT2D eigenvalue weighted by Crippen LogP contribution is 2.48. The highest BCUT2D eigenvalue weighted by Gasteiger charge is 2.18. The van der Waals surface area contributed by atoms with E-state index in [9.17, 15) is 0 Å². The largest absolute Gasteiger partial charge is 0.398 e. The summed E-state index contributed by atoms with van der Waals surface area (Å²) in [5.74, 6) is 0. The van der Waals surface area contributed by atoms with Gasteiger partial charge in [0.15, 0.2) is 0 Å². The third kappa shape index (κ3) is 2.07. The summed E-state index contributed by atoms with van der Waals surface area (Å²) in [5, 5.41) is 6.86. The molecule has 0 fully saturated rings. The van der Waals surface area contributed by atoms with Crippen molar-refractivity contribution in [3.8, 4) is 11.1 Å². The van der Waals surface area contributed by atoms with Crippen LogP contribution in [-0.4, -0.2) is 0 Å². The van der Waals surface area contributed by atoms with Crippen molar-refractivity contribution in [3.05, 3.63) is 91.0 Å². The van der Waals surface area contributed by atoms with E-state index < -0.39 is 0 Å². The molecule has 6 aromatic rings. The predicted molar refractivity (Wildman–Crippen MR) is 124 cm³/mol. The first-order valence-corrected chi connectivity index (χ1v) is 10.2. The van der Waals surface area contributed by atoms with Crippen LogP contribution in [0.15, 0.2) is 91.0 Å². The van der Waals surface area contributed by atoms with Gasteiger partial charge in [0.25, 0.3) is 0 Å². The van der Waals surface area contributed by atoms with Gasteiger partial charge in [0.2, 0.25) is 0 Å². The Morgan fingerprint density at radius 2 is 1.36 bits per heavy atom. The molecular weight excluding hydrogens is 358 g/mol. The Bertz CT molecular complexity index is 1580. The van der Waals surface area contributed by atoms with Gasteiger partial charge in [-0.3, -0.25) is 0 Å². The average molecular weight is 377 g/mol. The van der Waals surface area contributed by atoms with Gasteiger partial charge in [-0.05, 0) is 27.8 Å². The number of anilines is 1. The molecule has 0 aliphatic carbocycles. The Morgan fingerprint density at radius 3 is 2.21 bits per heavy atom. The maximum Gasteiger partial charge on any atom is 0.0623 e. The van der Waals surface area contributed by atoms with Gasteiger partial charge in [-0.1, -0.05) is 84.9 Å². The second-order valence-electron chi connectivity index (χ2n) is 7.09. The van der Waals surface area contributed by atoms with Gasteiger partial charge < -0.3 is 5.73 Å². The highest BCUT2D eigenvalue weighted by atomic mass is 32.1. The first-order valence-electron chi connectivity index (χ1n) is 9.83. The summed E-state index contributed by atoms with van der Waals surface area (Å²) >= 11 is 1.80. The zero-order chi connectivity index (χ0) is 19.5. The standard InChI is InChI=1S/C26H17NS/c27-25-23(18-14-7-9-16-8-1-2-10-17(16)18)19-11-3-4-12-20(19)26-24(25)21-13-5-6-15-22(21)28-26/h1-15H,27H2/i7D. The molecule has 0 bridgehead atoms. The second-order valence-corrected chi connectivity index (χ2v) is 8.15. The molecule has 2 N–H and O–H groups in total. The van der Waals surface area contributed by atoms with Crippen molar-refractivity contribution in [1.82, 2.24) is 0 Å². The van der Waals surface area contributed by atoms with Gasteiger partial charge in [0, 0.05) is 36.8 Å². The molecule has 0 aliphatic heterocycles. The lowest BCUT2D eigenvalue weighted by Gasteiger charge is -2.15. The van der Waals surface area contributed by atoms with E-state index in [1.807, 2.05) is 24.3 Å². The minimum Gasteiger partial charge on any atom is -0.398 e. The van der Waals surface area contributed by atoms with E-state index in [4.69, 9.17) is 7.10 Å². The van der Waals surface area contributed by atoms with Crippen LogP contribution in [0.4, 0.5) is 5.69 Å². The van der Waals surface area contributed by atoms with Crippen LogP contribution in [0.5, 0.6) is 0 Å². The van der Waals surface area contributed by atoms with E-state index in [-0.39, 0.29) is 0 Å². The zero-order valence-electron chi connectivity index (χ0n) is 16.1. The molecular formula is C26H17NS. The number of hydrogen-bond donors (Lipinski definition) is 1. The van der Waals surface area contributed by atoms with Crippen LogP contribution < -0.4 is 5.73 Å². The fraction of sp³-hybridized carbons (Fsp3) is 0. The normalized spacial score (nSPS) is 12.2. The molecule has 2 heteroatoms. The molecule has 0 aliphatic rings. The maximum absolute atomic E-state index is 8.37. The number of nitrogens with two attached hydrogens (primary N) is 1. The van der Waals surface area contributed by atoms with Crippen molar-refractivity contribution in [2.24, 2.45) is 0 Å². The van der Waals surface area contributed by atoms with E-state index in [0.29, 0.717) is 6.04 Å². The van der Waals surface area contributed by atoms with Gasteiger partial charge in [-0.25, -0.2) is 0 Å². The van der Waals surface area contributed by atoms with E-state index in [1.165, 1.54) is 20.2 Å². The van der Waals surface area contributed by atoms with Crippen LogP contribution in [0.3, 0.4) is 0 Å². The quantitative estimate of drug-likeness (QED) is 0.294. The molecule has 0 amide bonds. The van der Waals surface area contributed by atoms with Gasteiger partial charge >= 0.3 is 0 Å². The summed E-state index contributed by atoms with van der Waals surface area (Å²) in [5.41, 5.74) is 9.77. The van der Waals surface area contributed by atoms with Crippen LogP contribution in [0.25, 0.3) is 52.8 Å². The van der Waals surface area contributed by atoms with Crippen molar-refractivity contribution in [2.75, 3.05) is 5.73 Å². The van der Waals surface area contributed by atoms with Crippen LogP contribution in [0, 0.1) is 0 Å². The molecule has 0 saturated heterocycles. The Kier molecular flexibility index (Phi) is 3.05. The van der Waals surface area contributed by atoms with Crippen LogP contribution in [-0.2, 0) is 0 Å². The molecule has 0 unspecified atom stereocenters. The fourth-order valence-corrected chi connectivity index (χ4v) is 5.59. The molecule has 1 nitrogen and oxygen atoms in total. The fourth-order valence-electron chi connectivity index (χ4n) is 4.33. The van der Waals surface area contributed by atoms with Crippen LogP contribution in [0.1, 0.15) is 1.37 Å². The lowest BCUT2D eigenvalue weighted by Crippen LogP contribution is -1.94. The Balaban J connectivity index is 1.89. The van der Waals surface area contributed by atoms with Crippen LogP contribution in [0.2, 0.25) is 0 Å². The molecule has 1 heterocycles. The number of hydrogen-bond acceptors (Lipinski definition) is 2. The van der Waals surface area contributed by atoms with Crippen molar-refractivity contribution >= 4 is 58.7 Å². The second kappa shape index (κ2) is 5.82. The van der Waals surface area contributed by atoms with Crippen molar-refractivity contribution in [2.45, 2.75) is 0 Å². The summed E-state index contributed by atoms with van der Waals surface area (Å²) in [4.78, 5) is 0. The first kappa shape index (κ1) is 14.7. The van der Waals surface area contributed by atoms with Crippen LogP contribution >= 0.6 is 11.3 Å². The molecule has 0 spiro atoms. The van der Waals surface area contributed by atoms with E-state index in [2.05, 4.69) is 60.7 Å². The monoisotopic (exact) mass is 376 g/mol. The minimum atomic E-state index is 0.498. The lowest BCUT2D eigenvalue weighted by molar-refractivity contribution is 1.70. The summed E-state index contributed by atoms with van der Waals surface area (Å²) in [7, 11) is 0. The molecule has 6 rings (SSSR count). The van der Waals surface area contributed by atoms with Gasteiger partial charge in [-0.2, -0.15) is 0 Å². The van der Waals surface area contributed by atoms with Gasteiger partial charge in [-0.15, -0.1) is 11.3 Å². The van der Waals surface area contributed by atoms with Crippen molar-refractivity contribution in [3.63, 3.8) is 0 Å². The summed E-state index contributed by atoms with van der Waals surface area (Å²) < 4.78 is 10.8. The Labute approximate surface area is 168 Å². The SMILES string of the molecule is [2H]c1cc(-c2c(N)c3c4ccccc4sc3c3ccccc23)c2ccccc2c1. The smallest absolute Gasteiger partial charge is 0.0623 e. The lowest BCUT2D eigenvalue weighted by atomic mass is 9.90. The first-order chi connectivity index (χ1) is 14.2. The van der Waals surface area contributed by atoms with Crippen molar-refractivity contribution in [1.29, 1.82) is 0 Å². The van der Waals surface area contributed by atoms with Crippen molar-refractivity contribution < 1.29 is 1.37 Å². The third-order valence-corrected chi connectivity index (χ3v) is 6.77. The predicted octanol–water partition coefficient (Wildman–Crippen LogP) is 7.61. The van der Waals surface area contributed by atoms with E-state index in [1.54, 1.807) is 11.3 Å². The maximum atomic E-state index is 8.37. The Hall–Kier alpha value is -3.36. The average Bonchev–Trinajstić information content (AvgIpc) is 3.14. The topological polar surface area (TPSA) is 26.0 Å². The summed E-state index contributed by atoms with van der Waals surface area (Å²) in [6.45, 7) is 0. The molecule has 28 heavy (non-hydrogen) atoms. The zero-order valence-corrected chi connectivity index (χ0v) is 15.9. The molecule has 0 atom stereocenters. The third-order valence-electron chi connectivity index (χ3n) is 5.56. The van der Waals surface area contributed by atoms with Gasteiger partial charge in [0.05, 0.1) is 1.37 Å². The van der Waals surface area contributed by atoms with E-state index in [0.717, 1.165) is 38.4 Å². The number of rotatable bonds is 1. The number of benzene rings is 5. The molecule has 0 radical (unpaired) electrons. The molecule has 0 saturated carbocycles. The summed E-state index contributed by atoms with van der Waals surface area (Å²) in [6.07, 6.45) is 0. The number of nitrogen functional groups attached to an aromatic ring is 1. The Morgan fingerprint density at radius 1 is 0.679 bits per heavy atom. The number of thiophene rings is 1. The molecule has 1 aromatic heterocycles. The molecule has 5 aromatic carbocycles. The molecule has 132 valence electrons. The summed E-state index contributed by atoms with van der Waals surface area (Å²) in [6, 6.07) is 29.6. The minimum absolute atomic E-state index is 0.498. The number of fused-ring (bicyclic) bond motifs is 6. The van der Waals surface area contributed by atoms with Gasteiger partial charge in [0.1, 0.15) is 0 Å².